The van der Waals surface area contributed by atoms with Crippen LogP contribution in [0, 0.1) is 0 Å². The van der Waals surface area contributed by atoms with E-state index in [1.54, 1.807) is 11.8 Å². The highest BCUT2D eigenvalue weighted by Gasteiger charge is 2.11. The average Bonchev–Trinajstić information content (AvgIpc) is 2.94. The third kappa shape index (κ3) is 2.49. The van der Waals surface area contributed by atoms with E-state index in [-0.39, 0.29) is 0 Å². The lowest BCUT2D eigenvalue weighted by Gasteiger charge is -2.03. The Morgan fingerprint density at radius 3 is 3.00 bits per heavy atom. The summed E-state index contributed by atoms with van der Waals surface area (Å²) >= 11 is 9.01. The van der Waals surface area contributed by atoms with Crippen molar-refractivity contribution in [1.29, 1.82) is 0 Å². The van der Waals surface area contributed by atoms with Crippen LogP contribution in [0.5, 0.6) is 0 Å². The topological polar surface area (TPSA) is 25.8 Å². The molecule has 88 valence electrons. The number of benzene rings is 1. The van der Waals surface area contributed by atoms with Gasteiger partial charge < -0.3 is 0 Å². The van der Waals surface area contributed by atoms with E-state index in [0.717, 1.165) is 11.4 Å². The van der Waals surface area contributed by atoms with Crippen LogP contribution >= 0.6 is 34.9 Å². The number of aryl methyl sites for hydroxylation is 2. The van der Waals surface area contributed by atoms with Crippen molar-refractivity contribution in [2.24, 2.45) is 0 Å². The number of halogens is 1. The highest BCUT2D eigenvalue weighted by molar-refractivity contribution is 7.98. The van der Waals surface area contributed by atoms with E-state index in [1.165, 1.54) is 46.8 Å². The van der Waals surface area contributed by atoms with Gasteiger partial charge in [0, 0.05) is 22.2 Å². The zero-order valence-electron chi connectivity index (χ0n) is 9.15. The molecule has 2 nitrogen and oxygen atoms in total. The van der Waals surface area contributed by atoms with Crippen molar-refractivity contribution < 1.29 is 0 Å². The molecule has 1 aliphatic carbocycles. The molecule has 0 aliphatic heterocycles. The van der Waals surface area contributed by atoms with Gasteiger partial charge in [-0.1, -0.05) is 22.2 Å². The second-order valence-corrected chi connectivity index (χ2v) is 6.47. The number of hydrogen-bond donors (Lipinski definition) is 0. The first-order valence-electron chi connectivity index (χ1n) is 5.54. The maximum atomic E-state index is 5.98. The number of nitrogens with zero attached hydrogens (tertiary/aromatic N) is 2. The predicted octanol–water partition coefficient (Wildman–Crippen LogP) is 3.97. The molecule has 17 heavy (non-hydrogen) atoms. The fourth-order valence-electron chi connectivity index (χ4n) is 2.07. The Hall–Kier alpha value is -0.580. The van der Waals surface area contributed by atoms with Gasteiger partial charge in [-0.25, -0.2) is 0 Å². The lowest BCUT2D eigenvalue weighted by molar-refractivity contribution is 0.911. The predicted molar refractivity (Wildman–Crippen MR) is 72.9 cm³/mol. The van der Waals surface area contributed by atoms with Crippen LogP contribution in [-0.2, 0) is 18.6 Å². The van der Waals surface area contributed by atoms with Crippen molar-refractivity contribution in [2.45, 2.75) is 29.9 Å². The van der Waals surface area contributed by atoms with Crippen LogP contribution in [0.1, 0.15) is 23.2 Å². The summed E-state index contributed by atoms with van der Waals surface area (Å²) in [4.78, 5) is 1.30. The molecule has 0 saturated carbocycles. The second-order valence-electron chi connectivity index (χ2n) is 4.07. The Morgan fingerprint density at radius 1 is 1.29 bits per heavy atom. The highest BCUT2D eigenvalue weighted by Crippen LogP contribution is 2.30. The number of fused-ring (bicyclic) bond motifs is 1. The molecule has 3 rings (SSSR count). The summed E-state index contributed by atoms with van der Waals surface area (Å²) in [6.45, 7) is 0. The van der Waals surface area contributed by atoms with Gasteiger partial charge in [-0.15, -0.1) is 16.9 Å². The molecule has 5 heteroatoms. The van der Waals surface area contributed by atoms with Gasteiger partial charge in [0.05, 0.1) is 0 Å². The zero-order chi connectivity index (χ0) is 11.7. The van der Waals surface area contributed by atoms with Crippen LogP contribution in [0.15, 0.2) is 23.1 Å². The van der Waals surface area contributed by atoms with Crippen LogP contribution in [0.4, 0.5) is 0 Å². The van der Waals surface area contributed by atoms with E-state index >= 15 is 0 Å². The minimum atomic E-state index is 0.707. The van der Waals surface area contributed by atoms with Crippen molar-refractivity contribution in [3.63, 3.8) is 0 Å². The number of rotatable bonds is 3. The number of hydrogen-bond acceptors (Lipinski definition) is 4. The lowest BCUT2D eigenvalue weighted by Crippen LogP contribution is -1.85. The third-order valence-electron chi connectivity index (χ3n) is 2.95. The Kier molecular flexibility index (Phi) is 3.36. The van der Waals surface area contributed by atoms with E-state index in [2.05, 4.69) is 27.8 Å². The first-order chi connectivity index (χ1) is 8.33. The molecule has 1 aromatic heterocycles. The summed E-state index contributed by atoms with van der Waals surface area (Å²) in [5.41, 5.74) is 3.92. The molecule has 0 N–H and O–H groups in total. The minimum Gasteiger partial charge on any atom is -0.141 e. The number of thioether (sulfide) groups is 1. The first-order valence-corrected chi connectivity index (χ1v) is 7.68. The Labute approximate surface area is 114 Å². The smallest absolute Gasteiger partial charge is 0.138 e. The molecule has 2 aromatic rings. The summed E-state index contributed by atoms with van der Waals surface area (Å²) < 4.78 is 4.55. The third-order valence-corrected chi connectivity index (χ3v) is 4.94. The molecular weight excluding hydrogens is 272 g/mol. The summed E-state index contributed by atoms with van der Waals surface area (Å²) in [6, 6.07) is 6.76. The maximum absolute atomic E-state index is 5.98. The van der Waals surface area contributed by atoms with E-state index in [9.17, 15) is 0 Å². The quantitative estimate of drug-likeness (QED) is 0.797. The van der Waals surface area contributed by atoms with Crippen molar-refractivity contribution >= 4 is 34.9 Å². The maximum Gasteiger partial charge on any atom is 0.138 e. The molecule has 1 aromatic carbocycles. The largest absolute Gasteiger partial charge is 0.141 e. The molecule has 1 heterocycles. The summed E-state index contributed by atoms with van der Waals surface area (Å²) in [5.74, 6) is 0.800. The minimum absolute atomic E-state index is 0.707. The van der Waals surface area contributed by atoms with Crippen LogP contribution in [0.3, 0.4) is 0 Å². The molecule has 0 radical (unpaired) electrons. The fraction of sp³-hybridized carbons (Fsp3) is 0.333. The lowest BCUT2D eigenvalue weighted by atomic mass is 10.1. The van der Waals surface area contributed by atoms with E-state index in [4.69, 9.17) is 11.6 Å². The van der Waals surface area contributed by atoms with Gasteiger partial charge >= 0.3 is 0 Å². The molecule has 0 amide bonds. The van der Waals surface area contributed by atoms with E-state index in [0.29, 0.717) is 4.34 Å². The molecule has 0 fully saturated rings. The molecule has 0 spiro atoms. The Balaban J connectivity index is 1.72. The molecule has 1 aliphatic rings. The van der Waals surface area contributed by atoms with Gasteiger partial charge in [0.15, 0.2) is 0 Å². The van der Waals surface area contributed by atoms with Crippen LogP contribution < -0.4 is 0 Å². The highest BCUT2D eigenvalue weighted by atomic mass is 35.5. The normalized spacial score (nSPS) is 13.9. The average molecular weight is 283 g/mol. The molecular formula is C12H11ClN2S2. The van der Waals surface area contributed by atoms with Crippen LogP contribution in [0.2, 0.25) is 4.34 Å². The fourth-order valence-corrected chi connectivity index (χ4v) is 3.77. The van der Waals surface area contributed by atoms with Crippen molar-refractivity contribution in [3.05, 3.63) is 39.4 Å². The van der Waals surface area contributed by atoms with Crippen molar-refractivity contribution in [2.75, 3.05) is 0 Å². The van der Waals surface area contributed by atoms with Gasteiger partial charge in [-0.05, 0) is 42.5 Å². The van der Waals surface area contributed by atoms with Crippen molar-refractivity contribution in [3.8, 4) is 0 Å². The van der Waals surface area contributed by atoms with Gasteiger partial charge in [-0.3, -0.25) is 0 Å². The van der Waals surface area contributed by atoms with Crippen LogP contribution in [0.25, 0.3) is 0 Å². The van der Waals surface area contributed by atoms with Gasteiger partial charge in [0.25, 0.3) is 0 Å². The summed E-state index contributed by atoms with van der Waals surface area (Å²) in [7, 11) is 0. The molecule has 0 saturated heterocycles. The summed E-state index contributed by atoms with van der Waals surface area (Å²) in [5, 5.41) is 4.02. The SMILES string of the molecule is Clc1snnc1CSc1ccc2c(c1)CCC2. The summed E-state index contributed by atoms with van der Waals surface area (Å²) in [6.07, 6.45) is 3.76. The molecule has 0 atom stereocenters. The van der Waals surface area contributed by atoms with Gasteiger partial charge in [-0.2, -0.15) is 0 Å². The first kappa shape index (κ1) is 11.5. The molecule has 0 bridgehead atoms. The second kappa shape index (κ2) is 4.96. The van der Waals surface area contributed by atoms with Crippen LogP contribution in [-0.4, -0.2) is 9.59 Å². The monoisotopic (exact) mass is 282 g/mol. The molecule has 0 unspecified atom stereocenters. The zero-order valence-corrected chi connectivity index (χ0v) is 11.5. The van der Waals surface area contributed by atoms with Gasteiger partial charge in [0.2, 0.25) is 0 Å². The Morgan fingerprint density at radius 2 is 2.18 bits per heavy atom. The van der Waals surface area contributed by atoms with E-state index in [1.807, 2.05) is 0 Å². The van der Waals surface area contributed by atoms with E-state index < -0.39 is 0 Å². The number of aromatic nitrogens is 2. The Bertz CT molecular complexity index is 539. The van der Waals surface area contributed by atoms with Crippen molar-refractivity contribution in [1.82, 2.24) is 9.59 Å². The van der Waals surface area contributed by atoms with Gasteiger partial charge in [0.1, 0.15) is 10.0 Å². The standard InChI is InChI=1S/C12H11ClN2S2/c13-12-11(14-15-17-12)7-16-10-5-4-8-2-1-3-9(8)6-10/h4-6H,1-3,7H2.